The zero-order valence-corrected chi connectivity index (χ0v) is 12.7. The van der Waals surface area contributed by atoms with Crippen LogP contribution in [0, 0.1) is 0 Å². The van der Waals surface area contributed by atoms with Crippen molar-refractivity contribution in [3.8, 4) is 5.88 Å². The molecule has 19 heavy (non-hydrogen) atoms. The van der Waals surface area contributed by atoms with Crippen molar-refractivity contribution in [1.82, 2.24) is 4.98 Å². The lowest BCUT2D eigenvalue weighted by atomic mass is 10.1. The number of pyridine rings is 1. The van der Waals surface area contributed by atoms with Gasteiger partial charge < -0.3 is 4.74 Å². The zero-order chi connectivity index (χ0) is 13.4. The average molecular weight is 357 g/mol. The van der Waals surface area contributed by atoms with Crippen molar-refractivity contribution in [2.45, 2.75) is 6.10 Å². The number of rotatable bonds is 1. The van der Waals surface area contributed by atoms with Crippen LogP contribution in [0.5, 0.6) is 5.88 Å². The summed E-state index contributed by atoms with van der Waals surface area (Å²) in [5, 5.41) is 1.05. The van der Waals surface area contributed by atoms with Gasteiger partial charge in [0.15, 0.2) is 0 Å². The first-order valence-corrected chi connectivity index (χ1v) is 7.14. The minimum absolute atomic E-state index is 0.198. The molecule has 1 aromatic heterocycles. The van der Waals surface area contributed by atoms with Crippen molar-refractivity contribution in [3.05, 3.63) is 62.2 Å². The van der Waals surface area contributed by atoms with E-state index in [1.807, 2.05) is 30.4 Å². The number of nitrogens with zero attached hydrogens (tertiary/aromatic N) is 1. The summed E-state index contributed by atoms with van der Waals surface area (Å²) in [7, 11) is 0. The van der Waals surface area contributed by atoms with Gasteiger partial charge >= 0.3 is 0 Å². The summed E-state index contributed by atoms with van der Waals surface area (Å²) in [6.45, 7) is 0. The number of halogens is 3. The third-order valence-electron chi connectivity index (χ3n) is 2.81. The lowest BCUT2D eigenvalue weighted by Crippen LogP contribution is -2.10. The van der Waals surface area contributed by atoms with E-state index < -0.39 is 0 Å². The van der Waals surface area contributed by atoms with Crippen molar-refractivity contribution in [1.29, 1.82) is 0 Å². The summed E-state index contributed by atoms with van der Waals surface area (Å²) in [4.78, 5) is 4.26. The Labute approximate surface area is 129 Å². The maximum Gasteiger partial charge on any atom is 0.221 e. The molecule has 1 atom stereocenters. The quantitative estimate of drug-likeness (QED) is 0.691. The monoisotopic (exact) mass is 355 g/mol. The first-order valence-electron chi connectivity index (χ1n) is 5.59. The van der Waals surface area contributed by atoms with Crippen LogP contribution in [0.3, 0.4) is 0 Å². The molecular weight excluding hydrogens is 349 g/mol. The van der Waals surface area contributed by atoms with E-state index in [2.05, 4.69) is 20.9 Å². The van der Waals surface area contributed by atoms with Gasteiger partial charge in [0.05, 0.1) is 10.0 Å². The van der Waals surface area contributed by atoms with E-state index in [4.69, 9.17) is 27.9 Å². The third-order valence-corrected chi connectivity index (χ3v) is 3.98. The van der Waals surface area contributed by atoms with Crippen LogP contribution in [0.15, 0.2) is 41.0 Å². The summed E-state index contributed by atoms with van der Waals surface area (Å²) >= 11 is 15.3. The van der Waals surface area contributed by atoms with Crippen molar-refractivity contribution < 1.29 is 4.74 Å². The van der Waals surface area contributed by atoms with Gasteiger partial charge in [-0.2, -0.15) is 0 Å². The SMILES string of the molecule is Clc1ccc([C@H]2C=Cc3cc(Br)cnc3O2)cc1Cl. The molecule has 1 aliphatic heterocycles. The Morgan fingerprint density at radius 2 is 2.00 bits per heavy atom. The first-order chi connectivity index (χ1) is 9.13. The van der Waals surface area contributed by atoms with Crippen molar-refractivity contribution in [3.63, 3.8) is 0 Å². The van der Waals surface area contributed by atoms with E-state index in [-0.39, 0.29) is 6.10 Å². The Balaban J connectivity index is 1.94. The predicted octanol–water partition coefficient (Wildman–Crippen LogP) is 5.30. The number of aromatic nitrogens is 1. The van der Waals surface area contributed by atoms with Crippen LogP contribution in [-0.2, 0) is 0 Å². The molecule has 0 spiro atoms. The molecule has 5 heteroatoms. The van der Waals surface area contributed by atoms with Crippen LogP contribution in [0.2, 0.25) is 10.0 Å². The second kappa shape index (κ2) is 5.16. The molecule has 0 fully saturated rings. The Morgan fingerprint density at radius 3 is 2.79 bits per heavy atom. The Kier molecular flexibility index (Phi) is 3.52. The number of fused-ring (bicyclic) bond motifs is 1. The third kappa shape index (κ3) is 2.64. The molecule has 0 unspecified atom stereocenters. The highest BCUT2D eigenvalue weighted by molar-refractivity contribution is 9.10. The average Bonchev–Trinajstić information content (AvgIpc) is 2.41. The fourth-order valence-electron chi connectivity index (χ4n) is 1.88. The van der Waals surface area contributed by atoms with Gasteiger partial charge in [-0.25, -0.2) is 4.98 Å². The number of benzene rings is 1. The Morgan fingerprint density at radius 1 is 1.16 bits per heavy atom. The summed E-state index contributed by atoms with van der Waals surface area (Å²) in [6.07, 6.45) is 5.47. The lowest BCUT2D eigenvalue weighted by molar-refractivity contribution is 0.241. The molecule has 0 N–H and O–H groups in total. The zero-order valence-electron chi connectivity index (χ0n) is 9.61. The molecule has 96 valence electrons. The number of hydrogen-bond donors (Lipinski definition) is 0. The smallest absolute Gasteiger partial charge is 0.221 e. The van der Waals surface area contributed by atoms with Crippen LogP contribution in [0.4, 0.5) is 0 Å². The van der Waals surface area contributed by atoms with Gasteiger partial charge in [0.2, 0.25) is 5.88 Å². The number of hydrogen-bond acceptors (Lipinski definition) is 2. The van der Waals surface area contributed by atoms with Gasteiger partial charge in [-0.15, -0.1) is 0 Å². The highest BCUT2D eigenvalue weighted by Gasteiger charge is 2.18. The normalized spacial score (nSPS) is 16.9. The van der Waals surface area contributed by atoms with Crippen LogP contribution in [0.25, 0.3) is 6.08 Å². The maximum absolute atomic E-state index is 6.02. The number of ether oxygens (including phenoxy) is 1. The molecule has 2 nitrogen and oxygen atoms in total. The van der Waals surface area contributed by atoms with Crippen molar-refractivity contribution in [2.24, 2.45) is 0 Å². The molecule has 1 aromatic carbocycles. The molecule has 0 saturated carbocycles. The second-order valence-corrected chi connectivity index (χ2v) is 5.85. The highest BCUT2D eigenvalue weighted by atomic mass is 79.9. The fourth-order valence-corrected chi connectivity index (χ4v) is 2.53. The molecule has 1 aliphatic rings. The molecule has 3 rings (SSSR count). The second-order valence-electron chi connectivity index (χ2n) is 4.12. The van der Waals surface area contributed by atoms with Crippen molar-refractivity contribution >= 4 is 45.2 Å². The largest absolute Gasteiger partial charge is 0.465 e. The standard InChI is InChI=1S/C14H8BrCl2NO/c15-10-5-9-2-4-13(19-14(9)18-7-10)8-1-3-11(16)12(17)6-8/h1-7,13H/t13-/m1/s1. The summed E-state index contributed by atoms with van der Waals surface area (Å²) in [6, 6.07) is 7.43. The van der Waals surface area contributed by atoms with Gasteiger partial charge in [0.25, 0.3) is 0 Å². The van der Waals surface area contributed by atoms with Gasteiger partial charge in [-0.05, 0) is 51.8 Å². The molecule has 2 aromatic rings. The molecule has 0 bridgehead atoms. The highest BCUT2D eigenvalue weighted by Crippen LogP contribution is 2.34. The van der Waals surface area contributed by atoms with Crippen molar-refractivity contribution in [2.75, 3.05) is 0 Å². The van der Waals surface area contributed by atoms with Gasteiger partial charge in [-0.1, -0.05) is 29.3 Å². The summed E-state index contributed by atoms with van der Waals surface area (Å²) in [5.74, 6) is 0.613. The van der Waals surface area contributed by atoms with E-state index in [0.29, 0.717) is 15.9 Å². The van der Waals surface area contributed by atoms with Gasteiger partial charge in [-0.3, -0.25) is 0 Å². The van der Waals surface area contributed by atoms with E-state index in [1.54, 1.807) is 12.3 Å². The van der Waals surface area contributed by atoms with Crippen LogP contribution < -0.4 is 4.74 Å². The first kappa shape index (κ1) is 13.0. The van der Waals surface area contributed by atoms with Gasteiger partial charge in [0, 0.05) is 16.2 Å². The van der Waals surface area contributed by atoms with E-state index >= 15 is 0 Å². The van der Waals surface area contributed by atoms with E-state index in [1.165, 1.54) is 0 Å². The van der Waals surface area contributed by atoms with Crippen LogP contribution in [0.1, 0.15) is 17.2 Å². The van der Waals surface area contributed by atoms with Gasteiger partial charge in [0.1, 0.15) is 6.10 Å². The predicted molar refractivity (Wildman–Crippen MR) is 80.8 cm³/mol. The molecular formula is C14H8BrCl2NO. The minimum Gasteiger partial charge on any atom is -0.465 e. The summed E-state index contributed by atoms with van der Waals surface area (Å²) < 4.78 is 6.77. The fraction of sp³-hybridized carbons (Fsp3) is 0.0714. The molecule has 0 aliphatic carbocycles. The van der Waals surface area contributed by atoms with Crippen LogP contribution in [-0.4, -0.2) is 4.98 Å². The molecule has 2 heterocycles. The molecule has 0 saturated heterocycles. The van der Waals surface area contributed by atoms with E-state index in [9.17, 15) is 0 Å². The summed E-state index contributed by atoms with van der Waals surface area (Å²) in [5.41, 5.74) is 1.90. The Hall–Kier alpha value is -1.03. The van der Waals surface area contributed by atoms with E-state index in [0.717, 1.165) is 15.6 Å². The lowest BCUT2D eigenvalue weighted by Gasteiger charge is -2.21. The molecule has 0 amide bonds. The minimum atomic E-state index is -0.198. The topological polar surface area (TPSA) is 22.1 Å². The maximum atomic E-state index is 6.02. The molecule has 0 radical (unpaired) electrons. The van der Waals surface area contributed by atoms with Crippen LogP contribution >= 0.6 is 39.1 Å². The Bertz CT molecular complexity index is 672.